The third-order valence-electron chi connectivity index (χ3n) is 8.28. The Labute approximate surface area is 248 Å². The molecule has 4 aromatic rings. The molecule has 1 atom stereocenters. The summed E-state index contributed by atoms with van der Waals surface area (Å²) in [6.45, 7) is 7.03. The number of hydrogen-bond acceptors (Lipinski definition) is 6. The van der Waals surface area contributed by atoms with Crippen LogP contribution in [-0.4, -0.2) is 69.2 Å². The van der Waals surface area contributed by atoms with Gasteiger partial charge in [0.05, 0.1) is 35.9 Å². The van der Waals surface area contributed by atoms with Gasteiger partial charge in [-0.3, -0.25) is 13.9 Å². The number of aryl methyl sites for hydroxylation is 1. The average molecular weight is 601 g/mol. The second-order valence-electron chi connectivity index (χ2n) is 12.3. The molecule has 1 aromatic carbocycles. The number of fused-ring (bicyclic) bond motifs is 1. The van der Waals surface area contributed by atoms with Crippen LogP contribution in [0.2, 0.25) is 0 Å². The lowest BCUT2D eigenvalue weighted by Crippen LogP contribution is -2.39. The summed E-state index contributed by atoms with van der Waals surface area (Å²) in [6.07, 6.45) is 1.86. The molecule has 4 heterocycles. The van der Waals surface area contributed by atoms with Crippen LogP contribution in [-0.2, 0) is 29.2 Å². The zero-order valence-corrected chi connectivity index (χ0v) is 25.3. The molecule has 0 saturated carbocycles. The fraction of sp³-hybridized carbons (Fsp3) is 0.516. The maximum atomic E-state index is 14.4. The molecular formula is C31H39F3N6O3. The molecule has 1 aliphatic rings. The van der Waals surface area contributed by atoms with Gasteiger partial charge in [0.15, 0.2) is 0 Å². The van der Waals surface area contributed by atoms with E-state index in [1.54, 1.807) is 38.9 Å². The summed E-state index contributed by atoms with van der Waals surface area (Å²) in [7, 11) is 5.06. The van der Waals surface area contributed by atoms with Gasteiger partial charge in [0.25, 0.3) is 0 Å². The van der Waals surface area contributed by atoms with Gasteiger partial charge < -0.3 is 14.0 Å². The van der Waals surface area contributed by atoms with Crippen molar-refractivity contribution in [3.8, 4) is 5.69 Å². The molecule has 3 aromatic heterocycles. The number of piperidine rings is 1. The zero-order chi connectivity index (χ0) is 30.9. The van der Waals surface area contributed by atoms with Crippen molar-refractivity contribution in [2.24, 2.45) is 18.4 Å². The number of aromatic nitrogens is 5. The minimum atomic E-state index is -4.63. The predicted octanol–water partition coefficient (Wildman–Crippen LogP) is 4.90. The summed E-state index contributed by atoms with van der Waals surface area (Å²) in [5.41, 5.74) is 0.208. The summed E-state index contributed by atoms with van der Waals surface area (Å²) in [6, 6.07) is 8.39. The molecule has 43 heavy (non-hydrogen) atoms. The van der Waals surface area contributed by atoms with Crippen LogP contribution in [0.4, 0.5) is 13.2 Å². The maximum absolute atomic E-state index is 14.4. The van der Waals surface area contributed by atoms with Gasteiger partial charge in [0, 0.05) is 52.7 Å². The Hall–Kier alpha value is -3.48. The Morgan fingerprint density at radius 2 is 1.84 bits per heavy atom. The van der Waals surface area contributed by atoms with E-state index < -0.39 is 17.4 Å². The number of ether oxygens (including phenoxy) is 2. The van der Waals surface area contributed by atoms with Gasteiger partial charge in [-0.2, -0.15) is 13.2 Å². The molecule has 5 rings (SSSR count). The van der Waals surface area contributed by atoms with Gasteiger partial charge >= 0.3 is 11.9 Å². The summed E-state index contributed by atoms with van der Waals surface area (Å²) in [5, 5.41) is 8.39. The number of likely N-dealkylation sites (tertiary alicyclic amines) is 1. The minimum Gasteiger partial charge on any atom is -0.384 e. The van der Waals surface area contributed by atoms with Crippen LogP contribution in [0, 0.1) is 11.3 Å². The van der Waals surface area contributed by atoms with E-state index in [-0.39, 0.29) is 22.8 Å². The highest BCUT2D eigenvalue weighted by Crippen LogP contribution is 2.36. The van der Waals surface area contributed by atoms with Crippen LogP contribution in [0.25, 0.3) is 11.2 Å². The first kappa shape index (κ1) is 31.0. The molecule has 0 amide bonds. The number of rotatable bonds is 10. The summed E-state index contributed by atoms with van der Waals surface area (Å²) in [5.74, 6) is 0.221. The van der Waals surface area contributed by atoms with Gasteiger partial charge in [0.1, 0.15) is 12.2 Å². The third-order valence-corrected chi connectivity index (χ3v) is 8.28. The molecule has 12 heteroatoms. The van der Waals surface area contributed by atoms with E-state index >= 15 is 0 Å². The molecule has 0 aliphatic carbocycles. The van der Waals surface area contributed by atoms with E-state index in [0.717, 1.165) is 35.9 Å². The van der Waals surface area contributed by atoms with Crippen molar-refractivity contribution < 1.29 is 22.6 Å². The van der Waals surface area contributed by atoms with Crippen molar-refractivity contribution in [1.82, 2.24) is 28.6 Å². The first-order valence-corrected chi connectivity index (χ1v) is 14.4. The average Bonchev–Trinajstić information content (AvgIpc) is 3.50. The number of alkyl halides is 3. The Kier molecular flexibility index (Phi) is 8.82. The fourth-order valence-corrected chi connectivity index (χ4v) is 6.42. The third kappa shape index (κ3) is 6.56. The number of hydrogen-bond donors (Lipinski definition) is 0. The summed E-state index contributed by atoms with van der Waals surface area (Å²) < 4.78 is 58.3. The number of methoxy groups -OCH3 is 2. The largest absolute Gasteiger partial charge is 0.418 e. The number of halogens is 3. The molecule has 1 fully saturated rings. The van der Waals surface area contributed by atoms with Gasteiger partial charge in [-0.25, -0.2) is 4.79 Å². The lowest BCUT2D eigenvalue weighted by atomic mass is 9.84. The first-order valence-electron chi connectivity index (χ1n) is 14.4. The van der Waals surface area contributed by atoms with Crippen molar-refractivity contribution >= 4 is 5.52 Å². The number of nitrogens with zero attached hydrogens (tertiary/aromatic N) is 6. The van der Waals surface area contributed by atoms with Gasteiger partial charge in [-0.1, -0.05) is 26.0 Å². The van der Waals surface area contributed by atoms with E-state index in [1.165, 1.54) is 16.8 Å². The molecule has 0 bridgehead atoms. The van der Waals surface area contributed by atoms with Crippen LogP contribution in [0.3, 0.4) is 0 Å². The highest BCUT2D eigenvalue weighted by atomic mass is 19.4. The van der Waals surface area contributed by atoms with Crippen molar-refractivity contribution in [2.45, 2.75) is 45.3 Å². The zero-order valence-electron chi connectivity index (χ0n) is 25.3. The first-order chi connectivity index (χ1) is 20.4. The van der Waals surface area contributed by atoms with Crippen molar-refractivity contribution in [3.63, 3.8) is 0 Å². The Morgan fingerprint density at radius 1 is 1.09 bits per heavy atom. The van der Waals surface area contributed by atoms with Crippen LogP contribution in [0.15, 0.2) is 53.8 Å². The second kappa shape index (κ2) is 12.3. The number of pyridine rings is 1. The Morgan fingerprint density at radius 3 is 2.47 bits per heavy atom. The van der Waals surface area contributed by atoms with E-state index in [9.17, 15) is 18.0 Å². The molecule has 0 N–H and O–H groups in total. The molecule has 1 saturated heterocycles. The van der Waals surface area contributed by atoms with Gasteiger partial charge in [-0.05, 0) is 54.1 Å². The molecule has 9 nitrogen and oxygen atoms in total. The Balaban J connectivity index is 1.59. The van der Waals surface area contributed by atoms with Crippen LogP contribution in [0.1, 0.15) is 55.1 Å². The fourth-order valence-electron chi connectivity index (χ4n) is 6.42. The van der Waals surface area contributed by atoms with Gasteiger partial charge in [0.2, 0.25) is 0 Å². The highest BCUT2D eigenvalue weighted by Gasteiger charge is 2.35. The maximum Gasteiger partial charge on any atom is 0.418 e. The van der Waals surface area contributed by atoms with Crippen molar-refractivity contribution in [1.29, 1.82) is 0 Å². The predicted molar refractivity (Wildman–Crippen MR) is 156 cm³/mol. The normalized spacial score (nSPS) is 16.8. The van der Waals surface area contributed by atoms with E-state index in [1.807, 2.05) is 23.7 Å². The topological polar surface area (TPSA) is 78.8 Å². The SMILES string of the molecule is COCC(COC)[C@@H](c1cccc(-n2cc3c(C(F)(F)F)cc(CN4CCCC(C)(C)C4)cn3c2=O)c1)c1nncn1C. The molecule has 0 unspecified atom stereocenters. The minimum absolute atomic E-state index is 0.0920. The van der Waals surface area contributed by atoms with Crippen molar-refractivity contribution in [2.75, 3.05) is 40.5 Å². The standard InChI is InChI=1S/C31H39F3N6O3/c1-30(2)10-7-11-38(19-30)14-21-12-25(31(32,33)34)26-16-39(29(41)40(26)15-21)24-9-6-8-22(13-24)27(23(17-42-4)18-43-5)28-36-35-20-37(28)3/h6,8-9,12-13,15-16,20,23,27H,7,10-11,14,17-19H2,1-5H3/t27-/m1/s1. The summed E-state index contributed by atoms with van der Waals surface area (Å²) in [4.78, 5) is 15.9. The van der Waals surface area contributed by atoms with Gasteiger partial charge in [-0.15, -0.1) is 10.2 Å². The van der Waals surface area contributed by atoms with Crippen molar-refractivity contribution in [3.05, 3.63) is 82.1 Å². The monoisotopic (exact) mass is 600 g/mol. The molecule has 0 radical (unpaired) electrons. The second-order valence-corrected chi connectivity index (χ2v) is 12.3. The lowest BCUT2D eigenvalue weighted by molar-refractivity contribution is -0.136. The van der Waals surface area contributed by atoms with E-state index in [0.29, 0.717) is 36.8 Å². The molecule has 1 aliphatic heterocycles. The smallest absolute Gasteiger partial charge is 0.384 e. The number of imidazole rings is 1. The van der Waals surface area contributed by atoms with E-state index in [4.69, 9.17) is 9.47 Å². The highest BCUT2D eigenvalue weighted by molar-refractivity contribution is 5.58. The lowest BCUT2D eigenvalue weighted by Gasteiger charge is -2.38. The van der Waals surface area contributed by atoms with Crippen LogP contribution < -0.4 is 5.69 Å². The summed E-state index contributed by atoms with van der Waals surface area (Å²) >= 11 is 0. The van der Waals surface area contributed by atoms with E-state index in [2.05, 4.69) is 28.9 Å². The molecular weight excluding hydrogens is 561 g/mol. The Bertz CT molecular complexity index is 1620. The quantitative estimate of drug-likeness (QED) is 0.258. The van der Waals surface area contributed by atoms with Crippen LogP contribution in [0.5, 0.6) is 0 Å². The number of benzene rings is 1. The molecule has 232 valence electrons. The molecule has 0 spiro atoms. The van der Waals surface area contributed by atoms with Crippen LogP contribution >= 0.6 is 0 Å².